The number of halogens is 2. The third-order valence-electron chi connectivity index (χ3n) is 1.29. The van der Waals surface area contributed by atoms with Crippen molar-refractivity contribution in [2.24, 2.45) is 0 Å². The molecule has 2 nitrogen and oxygen atoms in total. The van der Waals surface area contributed by atoms with Crippen LogP contribution >= 0.6 is 23.2 Å². The topological polar surface area (TPSA) is 40.9 Å². The summed E-state index contributed by atoms with van der Waals surface area (Å²) in [6, 6.07) is 6.09. The molecule has 0 atom stereocenters. The van der Waals surface area contributed by atoms with Gasteiger partial charge in [0.25, 0.3) is 5.78 Å². The number of nitriles is 1. The number of hydrogen-bond donors (Lipinski definition) is 0. The molecule has 0 aliphatic carbocycles. The van der Waals surface area contributed by atoms with Gasteiger partial charge < -0.3 is 0 Å². The van der Waals surface area contributed by atoms with Crippen molar-refractivity contribution in [2.75, 3.05) is 0 Å². The largest absolute Gasteiger partial charge is 0.277 e. The number of nitrogens with zero attached hydrogens (tertiary/aromatic N) is 1. The lowest BCUT2D eigenvalue weighted by atomic mass is 10.1. The van der Waals surface area contributed by atoms with Crippen LogP contribution in [0.25, 0.3) is 0 Å². The van der Waals surface area contributed by atoms with Gasteiger partial charge in [0.2, 0.25) is 0 Å². The molecule has 0 saturated heterocycles. The van der Waals surface area contributed by atoms with Crippen molar-refractivity contribution in [2.45, 2.75) is 0 Å². The first-order chi connectivity index (χ1) is 5.66. The SMILES string of the molecule is N#CC(=O)c1c(Cl)cccc1Cl. The zero-order valence-corrected chi connectivity index (χ0v) is 7.36. The molecule has 1 aromatic rings. The van der Waals surface area contributed by atoms with Gasteiger partial charge in [0.05, 0.1) is 15.6 Å². The Labute approximate surface area is 79.3 Å². The molecule has 0 saturated carbocycles. The molecule has 0 spiro atoms. The van der Waals surface area contributed by atoms with Gasteiger partial charge in [0.1, 0.15) is 6.07 Å². The van der Waals surface area contributed by atoms with Crippen LogP contribution < -0.4 is 0 Å². The Kier molecular flexibility index (Phi) is 2.69. The molecular formula is C8H3Cl2NO. The molecule has 12 heavy (non-hydrogen) atoms. The first-order valence-corrected chi connectivity index (χ1v) is 3.81. The summed E-state index contributed by atoms with van der Waals surface area (Å²) in [4.78, 5) is 10.9. The molecular weight excluding hydrogens is 197 g/mol. The van der Waals surface area contributed by atoms with Crippen LogP contribution in [-0.4, -0.2) is 5.78 Å². The van der Waals surface area contributed by atoms with Crippen LogP contribution in [0.15, 0.2) is 18.2 Å². The molecule has 1 aromatic carbocycles. The summed E-state index contributed by atoms with van der Waals surface area (Å²) in [6.45, 7) is 0. The number of rotatable bonds is 1. The summed E-state index contributed by atoms with van der Waals surface area (Å²) in [5.74, 6) is -0.717. The first kappa shape index (κ1) is 9.05. The molecule has 0 aliphatic rings. The Hall–Kier alpha value is -1.04. The Morgan fingerprint density at radius 3 is 2.25 bits per heavy atom. The number of ketones is 1. The molecule has 0 radical (unpaired) electrons. The summed E-state index contributed by atoms with van der Waals surface area (Å²) in [5.41, 5.74) is 0.0725. The number of carbonyl (C=O) groups excluding carboxylic acids is 1. The Morgan fingerprint density at radius 1 is 1.33 bits per heavy atom. The zero-order chi connectivity index (χ0) is 9.14. The summed E-state index contributed by atoms with van der Waals surface area (Å²) < 4.78 is 0. The van der Waals surface area contributed by atoms with Gasteiger partial charge >= 0.3 is 0 Å². The third-order valence-corrected chi connectivity index (χ3v) is 1.92. The molecule has 60 valence electrons. The van der Waals surface area contributed by atoms with Gasteiger partial charge in [-0.2, -0.15) is 5.26 Å². The molecule has 0 amide bonds. The van der Waals surface area contributed by atoms with Crippen molar-refractivity contribution in [1.29, 1.82) is 5.26 Å². The van der Waals surface area contributed by atoms with E-state index < -0.39 is 5.78 Å². The number of hydrogen-bond acceptors (Lipinski definition) is 2. The maximum absolute atomic E-state index is 10.9. The van der Waals surface area contributed by atoms with Crippen molar-refractivity contribution in [1.82, 2.24) is 0 Å². The lowest BCUT2D eigenvalue weighted by Crippen LogP contribution is -1.96. The van der Waals surface area contributed by atoms with Crippen molar-refractivity contribution in [3.8, 4) is 6.07 Å². The first-order valence-electron chi connectivity index (χ1n) is 3.05. The Morgan fingerprint density at radius 2 is 1.83 bits per heavy atom. The minimum Gasteiger partial charge on any atom is -0.277 e. The van der Waals surface area contributed by atoms with E-state index >= 15 is 0 Å². The zero-order valence-electron chi connectivity index (χ0n) is 5.84. The second-order valence-electron chi connectivity index (χ2n) is 2.04. The van der Waals surface area contributed by atoms with Crippen LogP contribution in [0.2, 0.25) is 10.0 Å². The highest BCUT2D eigenvalue weighted by atomic mass is 35.5. The minimum atomic E-state index is -0.717. The van der Waals surface area contributed by atoms with Crippen molar-refractivity contribution in [3.05, 3.63) is 33.8 Å². The molecule has 0 fully saturated rings. The summed E-state index contributed by atoms with van der Waals surface area (Å²) in [6.07, 6.45) is 0. The van der Waals surface area contributed by atoms with E-state index in [4.69, 9.17) is 28.5 Å². The average molecular weight is 200 g/mol. The molecule has 0 unspecified atom stereocenters. The van der Waals surface area contributed by atoms with Crippen molar-refractivity contribution >= 4 is 29.0 Å². The average Bonchev–Trinajstić information content (AvgIpc) is 2.03. The number of Topliss-reactive ketones (excluding diaryl/α,β-unsaturated/α-hetero) is 1. The fourth-order valence-corrected chi connectivity index (χ4v) is 1.34. The van der Waals surface area contributed by atoms with Gasteiger partial charge in [-0.15, -0.1) is 0 Å². The molecule has 0 bridgehead atoms. The van der Waals surface area contributed by atoms with Crippen molar-refractivity contribution in [3.63, 3.8) is 0 Å². The van der Waals surface area contributed by atoms with E-state index in [0.29, 0.717) is 0 Å². The van der Waals surface area contributed by atoms with E-state index in [0.717, 1.165) is 0 Å². The molecule has 1 rings (SSSR count). The van der Waals surface area contributed by atoms with Gasteiger partial charge in [-0.05, 0) is 12.1 Å². The highest BCUT2D eigenvalue weighted by molar-refractivity contribution is 6.40. The Bertz CT molecular complexity index is 348. The minimum absolute atomic E-state index is 0.0725. The second-order valence-corrected chi connectivity index (χ2v) is 2.85. The normalized spacial score (nSPS) is 9.08. The predicted octanol–water partition coefficient (Wildman–Crippen LogP) is 2.70. The van der Waals surface area contributed by atoms with E-state index in [-0.39, 0.29) is 15.6 Å². The van der Waals surface area contributed by atoms with E-state index in [2.05, 4.69) is 0 Å². The smallest absolute Gasteiger partial charge is 0.265 e. The van der Waals surface area contributed by atoms with Crippen LogP contribution in [0.4, 0.5) is 0 Å². The fraction of sp³-hybridized carbons (Fsp3) is 0. The quantitative estimate of drug-likeness (QED) is 0.516. The van der Waals surface area contributed by atoms with E-state index in [1.165, 1.54) is 18.2 Å². The van der Waals surface area contributed by atoms with Crippen LogP contribution in [-0.2, 0) is 0 Å². The van der Waals surface area contributed by atoms with Crippen molar-refractivity contribution < 1.29 is 4.79 Å². The molecule has 0 aromatic heterocycles. The van der Waals surface area contributed by atoms with Crippen LogP contribution in [0, 0.1) is 11.3 Å². The maximum Gasteiger partial charge on any atom is 0.265 e. The van der Waals surface area contributed by atoms with Crippen LogP contribution in [0.5, 0.6) is 0 Å². The molecule has 0 heterocycles. The highest BCUT2D eigenvalue weighted by Gasteiger charge is 2.12. The monoisotopic (exact) mass is 199 g/mol. The van der Waals surface area contributed by atoms with Gasteiger partial charge in [-0.3, -0.25) is 4.79 Å². The maximum atomic E-state index is 10.9. The lowest BCUT2D eigenvalue weighted by Gasteiger charge is -1.98. The summed E-state index contributed by atoms with van der Waals surface area (Å²) in [5, 5.41) is 8.73. The highest BCUT2D eigenvalue weighted by Crippen LogP contribution is 2.24. The standard InChI is InChI=1S/C8H3Cl2NO/c9-5-2-1-3-6(10)8(5)7(12)4-11/h1-3H. The van der Waals surface area contributed by atoms with Gasteiger partial charge in [0, 0.05) is 0 Å². The predicted molar refractivity (Wildman–Crippen MR) is 46.4 cm³/mol. The van der Waals surface area contributed by atoms with E-state index in [1.54, 1.807) is 6.07 Å². The molecule has 0 aliphatic heterocycles. The van der Waals surface area contributed by atoms with Crippen LogP contribution in [0.3, 0.4) is 0 Å². The molecule has 0 N–H and O–H groups in total. The van der Waals surface area contributed by atoms with Crippen LogP contribution in [0.1, 0.15) is 10.4 Å². The fourth-order valence-electron chi connectivity index (χ4n) is 0.771. The van der Waals surface area contributed by atoms with Gasteiger partial charge in [0.15, 0.2) is 0 Å². The Balaban J connectivity index is 3.33. The summed E-state index contributed by atoms with van der Waals surface area (Å²) in [7, 11) is 0. The lowest BCUT2D eigenvalue weighted by molar-refractivity contribution is 0.105. The second kappa shape index (κ2) is 3.57. The van der Waals surface area contributed by atoms with Gasteiger partial charge in [-0.25, -0.2) is 0 Å². The number of benzene rings is 1. The van der Waals surface area contributed by atoms with Gasteiger partial charge in [-0.1, -0.05) is 29.3 Å². The van der Waals surface area contributed by atoms with E-state index in [1.807, 2.05) is 0 Å². The third kappa shape index (κ3) is 1.58. The van der Waals surface area contributed by atoms with E-state index in [9.17, 15) is 4.79 Å². The summed E-state index contributed by atoms with van der Waals surface area (Å²) >= 11 is 11.3. The molecule has 4 heteroatoms. The number of carbonyl (C=O) groups is 1.